The number of carbonyl (C=O) groups is 2. The number of amides is 2. The van der Waals surface area contributed by atoms with Crippen LogP contribution in [0.25, 0.3) is 22.1 Å². The molecule has 2 heterocycles. The van der Waals surface area contributed by atoms with Crippen LogP contribution in [0.3, 0.4) is 0 Å². The lowest BCUT2D eigenvalue weighted by molar-refractivity contribution is 0.0992. The zero-order valence-corrected chi connectivity index (χ0v) is 26.6. The van der Waals surface area contributed by atoms with Gasteiger partial charge in [0, 0.05) is 37.1 Å². The van der Waals surface area contributed by atoms with Crippen molar-refractivity contribution in [1.82, 2.24) is 19.1 Å². The van der Waals surface area contributed by atoms with E-state index in [4.69, 9.17) is 21.5 Å². The van der Waals surface area contributed by atoms with Gasteiger partial charge >= 0.3 is 14.2 Å². The van der Waals surface area contributed by atoms with E-state index in [1.165, 1.54) is 0 Å². The Morgan fingerprint density at radius 3 is 1.50 bits per heavy atom. The fraction of sp³-hybridized carbons (Fsp3) is 0.176. The number of carbonyl (C=O) groups excluding carboxylic acids is 2. The number of fused-ring (bicyclic) bond motifs is 2. The minimum absolute atomic E-state index is 0.441. The highest BCUT2D eigenvalue weighted by Gasteiger charge is 2.15. The smallest absolute Gasteiger partial charge is 0.423 e. The summed E-state index contributed by atoms with van der Waals surface area (Å²) in [7, 11) is -2.94. The van der Waals surface area contributed by atoms with Crippen LogP contribution in [0.4, 0.5) is 0 Å². The predicted octanol–water partition coefficient (Wildman–Crippen LogP) is 0.851. The lowest BCUT2D eigenvalue weighted by atomic mass is 9.80. The fourth-order valence-corrected chi connectivity index (χ4v) is 5.51. The summed E-state index contributed by atoms with van der Waals surface area (Å²) in [5.41, 5.74) is 17.9. The molecular weight excluding hydrogens is 610 g/mol. The summed E-state index contributed by atoms with van der Waals surface area (Å²) < 4.78 is 4.14. The van der Waals surface area contributed by atoms with Crippen molar-refractivity contribution in [3.05, 3.63) is 119 Å². The number of imidazole rings is 2. The van der Waals surface area contributed by atoms with Crippen molar-refractivity contribution < 1.29 is 29.7 Å². The number of nitrogens with zero attached hydrogens (tertiary/aromatic N) is 4. The third-order valence-corrected chi connectivity index (χ3v) is 8.09. The summed E-state index contributed by atoms with van der Waals surface area (Å²) in [6.07, 6.45) is 1.52. The van der Waals surface area contributed by atoms with E-state index in [0.29, 0.717) is 35.1 Å². The summed E-state index contributed by atoms with van der Waals surface area (Å²) in [6.45, 7) is 5.23. The molecule has 4 aromatic carbocycles. The normalized spacial score (nSPS) is 11.0. The van der Waals surface area contributed by atoms with Gasteiger partial charge < -0.3 is 40.7 Å². The van der Waals surface area contributed by atoms with Crippen molar-refractivity contribution in [1.29, 1.82) is 0 Å². The maximum Gasteiger partial charge on any atom is 0.488 e. The van der Waals surface area contributed by atoms with Gasteiger partial charge in [-0.2, -0.15) is 0 Å². The molecule has 2 aromatic heterocycles. The summed E-state index contributed by atoms with van der Waals surface area (Å²) in [5.74, 6) is 0.891. The molecule has 0 saturated carbocycles. The molecule has 0 atom stereocenters. The molecule has 0 radical (unpaired) electrons. The van der Waals surface area contributed by atoms with Crippen LogP contribution in [0.1, 0.15) is 57.3 Å². The lowest BCUT2D eigenvalue weighted by Gasteiger charge is -2.09. The third kappa shape index (κ3) is 7.48. The Morgan fingerprint density at radius 2 is 1.04 bits per heavy atom. The second kappa shape index (κ2) is 14.7. The predicted molar refractivity (Wildman–Crippen MR) is 186 cm³/mol. The number of aromatic nitrogens is 4. The average molecular weight is 646 g/mol. The molecule has 0 spiro atoms. The van der Waals surface area contributed by atoms with Crippen LogP contribution in [-0.4, -0.2) is 65.2 Å². The van der Waals surface area contributed by atoms with E-state index < -0.39 is 26.1 Å². The van der Waals surface area contributed by atoms with Gasteiger partial charge in [0.15, 0.2) is 0 Å². The molecule has 0 bridgehead atoms. The van der Waals surface area contributed by atoms with Crippen LogP contribution >= 0.6 is 0 Å². The molecule has 14 heteroatoms. The quantitative estimate of drug-likeness (QED) is 0.118. The van der Waals surface area contributed by atoms with Crippen LogP contribution in [-0.2, 0) is 25.9 Å². The summed E-state index contributed by atoms with van der Waals surface area (Å²) in [6, 6.07) is 24.7. The Labute approximate surface area is 277 Å². The number of hydrogen-bond acceptors (Lipinski definition) is 8. The third-order valence-electron chi connectivity index (χ3n) is 8.09. The second-order valence-electron chi connectivity index (χ2n) is 11.3. The number of nitrogens with two attached hydrogens (primary N) is 2. The van der Waals surface area contributed by atoms with E-state index >= 15 is 0 Å². The van der Waals surface area contributed by atoms with E-state index in [0.717, 1.165) is 57.7 Å². The lowest BCUT2D eigenvalue weighted by Crippen LogP contribution is -2.29. The summed E-state index contributed by atoms with van der Waals surface area (Å²) >= 11 is 0. The van der Waals surface area contributed by atoms with Gasteiger partial charge in [-0.1, -0.05) is 62.4 Å². The Kier molecular flexibility index (Phi) is 10.4. The molecule has 0 aliphatic rings. The SMILES string of the molecule is CCc1nc2cc(C(N)=O)ccc2n1Cc1ccc(B(O)O)cc1.CCc1nc2ccc(C(N)=O)cc2n1Cc1ccc(B(O)O)cc1. The minimum atomic E-state index is -1.47. The van der Waals surface area contributed by atoms with Crippen LogP contribution in [0.15, 0.2) is 84.9 Å². The van der Waals surface area contributed by atoms with Gasteiger partial charge in [0.05, 0.1) is 22.1 Å². The van der Waals surface area contributed by atoms with Gasteiger partial charge in [0.2, 0.25) is 11.8 Å². The first-order valence-electron chi connectivity index (χ1n) is 15.5. The first kappa shape index (κ1) is 34.1. The highest BCUT2D eigenvalue weighted by Crippen LogP contribution is 2.21. The van der Waals surface area contributed by atoms with Gasteiger partial charge in [0.1, 0.15) is 11.6 Å². The van der Waals surface area contributed by atoms with Crippen molar-refractivity contribution in [3.8, 4) is 0 Å². The number of aryl methyl sites for hydroxylation is 2. The van der Waals surface area contributed by atoms with Crippen LogP contribution in [0.5, 0.6) is 0 Å². The molecule has 2 amide bonds. The minimum Gasteiger partial charge on any atom is -0.423 e. The van der Waals surface area contributed by atoms with Gasteiger partial charge in [-0.05, 0) is 58.5 Å². The molecule has 6 aromatic rings. The monoisotopic (exact) mass is 646 g/mol. The van der Waals surface area contributed by atoms with E-state index in [1.54, 1.807) is 54.6 Å². The topological polar surface area (TPSA) is 203 Å². The molecule has 0 saturated heterocycles. The summed E-state index contributed by atoms with van der Waals surface area (Å²) in [5, 5.41) is 36.7. The Balaban J connectivity index is 0.000000188. The van der Waals surface area contributed by atoms with Gasteiger partial charge in [0.25, 0.3) is 0 Å². The molecule has 6 rings (SSSR count). The fourth-order valence-electron chi connectivity index (χ4n) is 5.51. The second-order valence-corrected chi connectivity index (χ2v) is 11.3. The molecule has 0 aliphatic heterocycles. The highest BCUT2D eigenvalue weighted by molar-refractivity contribution is 6.58. The molecule has 244 valence electrons. The van der Waals surface area contributed by atoms with E-state index in [-0.39, 0.29) is 0 Å². The maximum absolute atomic E-state index is 11.4. The van der Waals surface area contributed by atoms with Crippen molar-refractivity contribution in [2.45, 2.75) is 39.8 Å². The molecule has 0 fully saturated rings. The Hall–Kier alpha value is -5.27. The van der Waals surface area contributed by atoms with Gasteiger partial charge in [-0.15, -0.1) is 0 Å². The number of rotatable bonds is 10. The van der Waals surface area contributed by atoms with E-state index in [2.05, 4.69) is 14.5 Å². The number of primary amides is 2. The van der Waals surface area contributed by atoms with E-state index in [1.807, 2.05) is 48.7 Å². The first-order valence-corrected chi connectivity index (χ1v) is 15.5. The maximum atomic E-state index is 11.4. The Morgan fingerprint density at radius 1 is 0.604 bits per heavy atom. The zero-order chi connectivity index (χ0) is 34.5. The molecule has 48 heavy (non-hydrogen) atoms. The number of hydrogen-bond donors (Lipinski definition) is 6. The van der Waals surface area contributed by atoms with Crippen molar-refractivity contribution >= 4 is 59.0 Å². The number of benzene rings is 4. The van der Waals surface area contributed by atoms with Crippen LogP contribution < -0.4 is 22.4 Å². The first-order chi connectivity index (χ1) is 23.0. The summed E-state index contributed by atoms with van der Waals surface area (Å²) in [4.78, 5) is 32.0. The molecule has 0 aliphatic carbocycles. The Bertz CT molecular complexity index is 2070. The molecule has 8 N–H and O–H groups in total. The molecule has 0 unspecified atom stereocenters. The van der Waals surface area contributed by atoms with Crippen molar-refractivity contribution in [3.63, 3.8) is 0 Å². The van der Waals surface area contributed by atoms with Crippen molar-refractivity contribution in [2.24, 2.45) is 11.5 Å². The van der Waals surface area contributed by atoms with Gasteiger partial charge in [-0.25, -0.2) is 9.97 Å². The van der Waals surface area contributed by atoms with Gasteiger partial charge in [-0.3, -0.25) is 9.59 Å². The van der Waals surface area contributed by atoms with Crippen LogP contribution in [0.2, 0.25) is 0 Å². The molecular formula is C34H36B2N6O6. The standard InChI is InChI=1S/2C17H18BN3O3/c1-2-16-20-14-9-12(17(19)22)5-8-15(14)21(16)10-11-3-6-13(7-4-11)18(23)24;1-2-16-20-14-8-5-12(17(19)22)9-15(14)21(16)10-11-3-6-13(7-4-11)18(23)24/h2*3-9,23-24H,2,10H2,1H3,(H2,19,22). The zero-order valence-electron chi connectivity index (χ0n) is 26.6. The largest absolute Gasteiger partial charge is 0.488 e. The van der Waals surface area contributed by atoms with Crippen LogP contribution in [0, 0.1) is 0 Å². The average Bonchev–Trinajstić information content (AvgIpc) is 3.61. The highest BCUT2D eigenvalue weighted by atomic mass is 16.4. The molecule has 12 nitrogen and oxygen atoms in total. The van der Waals surface area contributed by atoms with E-state index in [9.17, 15) is 19.6 Å². The van der Waals surface area contributed by atoms with Crippen molar-refractivity contribution in [2.75, 3.05) is 0 Å².